The monoisotopic (exact) mass is 476 g/mol. The lowest BCUT2D eigenvalue weighted by atomic mass is 10.1. The molecule has 0 spiro atoms. The van der Waals surface area contributed by atoms with E-state index in [4.69, 9.17) is 11.6 Å². The molecular formula is C25H22ClFN6O. The van der Waals surface area contributed by atoms with Gasteiger partial charge >= 0.3 is 0 Å². The molecule has 0 radical (unpaired) electrons. The Kier molecular flexibility index (Phi) is 5.17. The third-order valence-corrected chi connectivity index (χ3v) is 6.65. The summed E-state index contributed by atoms with van der Waals surface area (Å²) in [5.74, 6) is -0.117. The van der Waals surface area contributed by atoms with Crippen molar-refractivity contribution >= 4 is 34.8 Å². The van der Waals surface area contributed by atoms with Crippen molar-refractivity contribution in [1.29, 1.82) is 0 Å². The van der Waals surface area contributed by atoms with Crippen LogP contribution in [-0.2, 0) is 11.3 Å². The van der Waals surface area contributed by atoms with E-state index in [1.165, 1.54) is 24.7 Å². The molecule has 3 aromatic heterocycles. The van der Waals surface area contributed by atoms with E-state index in [1.54, 1.807) is 30.3 Å². The van der Waals surface area contributed by atoms with E-state index < -0.39 is 23.9 Å². The molecule has 34 heavy (non-hydrogen) atoms. The van der Waals surface area contributed by atoms with Gasteiger partial charge in [0.05, 0.1) is 18.2 Å². The molecule has 0 saturated heterocycles. The van der Waals surface area contributed by atoms with Crippen LogP contribution in [0.3, 0.4) is 0 Å². The van der Waals surface area contributed by atoms with Gasteiger partial charge in [-0.1, -0.05) is 29.8 Å². The first kappa shape index (κ1) is 21.0. The first-order valence-electron chi connectivity index (χ1n) is 11.3. The van der Waals surface area contributed by atoms with E-state index in [-0.39, 0.29) is 0 Å². The number of imidazole rings is 1. The van der Waals surface area contributed by atoms with Crippen molar-refractivity contribution in [1.82, 2.24) is 19.4 Å². The van der Waals surface area contributed by atoms with E-state index in [0.717, 1.165) is 16.9 Å². The number of aromatic nitrogens is 4. The molecule has 172 valence electrons. The van der Waals surface area contributed by atoms with E-state index in [0.29, 0.717) is 29.1 Å². The number of amides is 1. The predicted molar refractivity (Wildman–Crippen MR) is 128 cm³/mol. The molecule has 9 heteroatoms. The number of hydrogen-bond acceptors (Lipinski definition) is 5. The number of rotatable bonds is 7. The molecule has 3 unspecified atom stereocenters. The summed E-state index contributed by atoms with van der Waals surface area (Å²) in [6, 6.07) is 12.8. The molecule has 2 N–H and O–H groups in total. The highest BCUT2D eigenvalue weighted by molar-refractivity contribution is 6.30. The van der Waals surface area contributed by atoms with Crippen molar-refractivity contribution in [2.75, 3.05) is 10.6 Å². The van der Waals surface area contributed by atoms with Gasteiger partial charge in [0.15, 0.2) is 0 Å². The van der Waals surface area contributed by atoms with Crippen LogP contribution < -0.4 is 10.6 Å². The van der Waals surface area contributed by atoms with Crippen molar-refractivity contribution in [2.45, 2.75) is 37.4 Å². The highest BCUT2D eigenvalue weighted by atomic mass is 35.5. The summed E-state index contributed by atoms with van der Waals surface area (Å²) < 4.78 is 16.5. The quantitative estimate of drug-likeness (QED) is 0.394. The third kappa shape index (κ3) is 4.21. The smallest absolute Gasteiger partial charge is 0.232 e. The van der Waals surface area contributed by atoms with Crippen LogP contribution in [0.25, 0.3) is 5.65 Å². The fourth-order valence-electron chi connectivity index (χ4n) is 4.40. The Labute approximate surface area is 200 Å². The van der Waals surface area contributed by atoms with Gasteiger partial charge in [-0.25, -0.2) is 19.3 Å². The molecule has 2 aliphatic carbocycles. The molecule has 2 saturated carbocycles. The second-order valence-electron chi connectivity index (χ2n) is 8.92. The lowest BCUT2D eigenvalue weighted by Crippen LogP contribution is -2.17. The number of carbonyl (C=O) groups excluding carboxylic acids is 1. The van der Waals surface area contributed by atoms with Crippen LogP contribution in [-0.4, -0.2) is 31.4 Å². The molecule has 6 rings (SSSR count). The fourth-order valence-corrected chi connectivity index (χ4v) is 4.60. The second kappa shape index (κ2) is 8.36. The Bertz CT molecular complexity index is 1390. The number of alkyl halides is 1. The van der Waals surface area contributed by atoms with Gasteiger partial charge in [-0.15, -0.1) is 0 Å². The largest absolute Gasteiger partial charge is 0.364 e. The third-order valence-electron chi connectivity index (χ3n) is 6.41. The van der Waals surface area contributed by atoms with E-state index in [1.807, 2.05) is 12.3 Å². The number of halogens is 2. The van der Waals surface area contributed by atoms with Crippen LogP contribution in [0, 0.1) is 5.92 Å². The Morgan fingerprint density at radius 2 is 1.94 bits per heavy atom. The van der Waals surface area contributed by atoms with Gasteiger partial charge in [0.2, 0.25) is 5.91 Å². The predicted octanol–water partition coefficient (Wildman–Crippen LogP) is 4.96. The number of carbonyl (C=O) groups is 1. The number of anilines is 2. The highest BCUT2D eigenvalue weighted by Crippen LogP contribution is 2.51. The summed E-state index contributed by atoms with van der Waals surface area (Å²) in [5.41, 5.74) is 3.85. The average molecular weight is 477 g/mol. The lowest BCUT2D eigenvalue weighted by Gasteiger charge is -2.07. The second-order valence-corrected chi connectivity index (χ2v) is 9.35. The number of nitrogens with zero attached hydrogens (tertiary/aromatic N) is 4. The highest BCUT2D eigenvalue weighted by Gasteiger charge is 2.56. The Morgan fingerprint density at radius 3 is 2.76 bits per heavy atom. The molecule has 1 aromatic carbocycles. The van der Waals surface area contributed by atoms with Gasteiger partial charge in [-0.05, 0) is 48.1 Å². The van der Waals surface area contributed by atoms with Crippen molar-refractivity contribution in [3.63, 3.8) is 0 Å². The minimum absolute atomic E-state index is 0.315. The summed E-state index contributed by atoms with van der Waals surface area (Å²) >= 11 is 6.00. The first-order valence-corrected chi connectivity index (χ1v) is 11.7. The summed E-state index contributed by atoms with van der Waals surface area (Å²) in [6.07, 6.45) is 6.78. The summed E-state index contributed by atoms with van der Waals surface area (Å²) in [4.78, 5) is 25.6. The van der Waals surface area contributed by atoms with Gasteiger partial charge in [-0.3, -0.25) is 4.79 Å². The Morgan fingerprint density at radius 1 is 1.09 bits per heavy atom. The Balaban J connectivity index is 1.09. The first-order chi connectivity index (χ1) is 16.5. The van der Waals surface area contributed by atoms with Gasteiger partial charge in [-0.2, -0.15) is 0 Å². The molecule has 7 nitrogen and oxygen atoms in total. The molecule has 2 aliphatic rings. The zero-order chi connectivity index (χ0) is 23.2. The minimum atomic E-state index is -1.24. The van der Waals surface area contributed by atoms with Crippen molar-refractivity contribution in [2.24, 2.45) is 5.92 Å². The van der Waals surface area contributed by atoms with Gasteiger partial charge in [0, 0.05) is 29.4 Å². The number of pyridine rings is 1. The normalized spacial score (nSPS) is 21.4. The van der Waals surface area contributed by atoms with Crippen LogP contribution >= 0.6 is 11.6 Å². The van der Waals surface area contributed by atoms with Crippen molar-refractivity contribution in [3.8, 4) is 0 Å². The van der Waals surface area contributed by atoms with E-state index in [9.17, 15) is 9.18 Å². The number of benzene rings is 1. The fraction of sp³-hybridized carbons (Fsp3) is 0.280. The van der Waals surface area contributed by atoms with Gasteiger partial charge < -0.3 is 15.0 Å². The molecule has 3 heterocycles. The van der Waals surface area contributed by atoms with Crippen molar-refractivity contribution in [3.05, 3.63) is 83.0 Å². The zero-order valence-electron chi connectivity index (χ0n) is 18.2. The van der Waals surface area contributed by atoms with Crippen LogP contribution in [0.15, 0.2) is 61.2 Å². The van der Waals surface area contributed by atoms with Gasteiger partial charge in [0.25, 0.3) is 0 Å². The Hall–Kier alpha value is -3.52. The van der Waals surface area contributed by atoms with Crippen LogP contribution in [0.2, 0.25) is 5.02 Å². The van der Waals surface area contributed by atoms with Crippen LogP contribution in [0.5, 0.6) is 0 Å². The standard InChI is InChI=1S/C25H22ClFN6O/c26-17-3-1-2-15(8-17)22-23(24(22)27)25(34)32-20-9-19(29-13-30-20)28-10-18-12-33-11-16(14-4-5-14)6-7-21(33)31-18/h1-3,6-9,11-14,22-24H,4-5,10H2,(H2,28,29,30,32,34). The molecule has 1 amide bonds. The molecule has 3 atom stereocenters. The van der Waals surface area contributed by atoms with E-state index in [2.05, 4.69) is 42.2 Å². The van der Waals surface area contributed by atoms with Crippen LogP contribution in [0.1, 0.15) is 41.5 Å². The number of fused-ring (bicyclic) bond motifs is 1. The molecule has 0 bridgehead atoms. The summed E-state index contributed by atoms with van der Waals surface area (Å²) in [6.45, 7) is 0.469. The maximum absolute atomic E-state index is 14.4. The molecular weight excluding hydrogens is 455 g/mol. The van der Waals surface area contributed by atoms with Crippen molar-refractivity contribution < 1.29 is 9.18 Å². The van der Waals surface area contributed by atoms with Crippen LogP contribution in [0.4, 0.5) is 16.0 Å². The zero-order valence-corrected chi connectivity index (χ0v) is 18.9. The summed E-state index contributed by atoms with van der Waals surface area (Å²) in [7, 11) is 0. The summed E-state index contributed by atoms with van der Waals surface area (Å²) in [5, 5.41) is 6.45. The molecule has 2 fully saturated rings. The average Bonchev–Trinajstić information content (AvgIpc) is 3.74. The number of nitrogens with one attached hydrogen (secondary N) is 2. The topological polar surface area (TPSA) is 84.2 Å². The SMILES string of the molecule is O=C(Nc1cc(NCc2cn3cc(C4CC4)ccc3n2)ncn1)C1C(F)C1c1cccc(Cl)c1. The maximum atomic E-state index is 14.4. The van der Waals surface area contributed by atoms with Gasteiger partial charge in [0.1, 0.15) is 29.8 Å². The molecule has 4 aromatic rings. The minimum Gasteiger partial charge on any atom is -0.364 e. The maximum Gasteiger partial charge on any atom is 0.232 e. The number of hydrogen-bond donors (Lipinski definition) is 2. The van der Waals surface area contributed by atoms with E-state index >= 15 is 0 Å². The molecule has 0 aliphatic heterocycles. The lowest BCUT2D eigenvalue weighted by molar-refractivity contribution is -0.117.